The van der Waals surface area contributed by atoms with Gasteiger partial charge in [-0.15, -0.1) is 0 Å². The van der Waals surface area contributed by atoms with Gasteiger partial charge in [0.15, 0.2) is 0 Å². The summed E-state index contributed by atoms with van der Waals surface area (Å²) in [6, 6.07) is 5.52. The molecular weight excluding hydrogens is 501 g/mol. The number of anilines is 1. The van der Waals surface area contributed by atoms with Gasteiger partial charge in [0, 0.05) is 49.9 Å². The first kappa shape index (κ1) is 28.4. The molecule has 0 spiro atoms. The van der Waals surface area contributed by atoms with Crippen LogP contribution in [0.3, 0.4) is 0 Å². The number of hydrogen-bond donors (Lipinski definition) is 2. The first-order valence-corrected chi connectivity index (χ1v) is 13.3. The zero-order valence-corrected chi connectivity index (χ0v) is 23.5. The Morgan fingerprint density at radius 2 is 1.85 bits per heavy atom. The predicted octanol–water partition coefficient (Wildman–Crippen LogP) is 5.85. The van der Waals surface area contributed by atoms with Gasteiger partial charge < -0.3 is 24.7 Å². The summed E-state index contributed by atoms with van der Waals surface area (Å²) >= 11 is 0. The summed E-state index contributed by atoms with van der Waals surface area (Å²) in [5.74, 6) is 0.309. The molecule has 10 heteroatoms. The Morgan fingerprint density at radius 3 is 2.51 bits per heavy atom. The van der Waals surface area contributed by atoms with Gasteiger partial charge in [-0.3, -0.25) is 9.88 Å². The molecule has 1 saturated heterocycles. The van der Waals surface area contributed by atoms with Gasteiger partial charge in [0.05, 0.1) is 17.9 Å². The largest absolute Gasteiger partial charge is 0.459 e. The van der Waals surface area contributed by atoms with Crippen LogP contribution in [0.4, 0.5) is 19.7 Å². The molecule has 0 unspecified atom stereocenters. The van der Waals surface area contributed by atoms with E-state index in [2.05, 4.69) is 20.5 Å². The molecule has 1 atom stereocenters. The van der Waals surface area contributed by atoms with Crippen molar-refractivity contribution >= 4 is 28.8 Å². The quantitative estimate of drug-likeness (QED) is 0.408. The maximum Gasteiger partial charge on any atom is 0.410 e. The number of hydrogen-bond acceptors (Lipinski definition) is 6. The molecule has 3 amide bonds. The Hall–Kier alpha value is -3.66. The van der Waals surface area contributed by atoms with Crippen LogP contribution in [0.5, 0.6) is 0 Å². The van der Waals surface area contributed by atoms with Crippen molar-refractivity contribution in [2.75, 3.05) is 31.5 Å². The molecule has 1 aromatic carbocycles. The number of benzene rings is 1. The number of piperazine rings is 1. The molecule has 1 aliphatic rings. The average molecular weight is 540 g/mol. The Labute approximate surface area is 228 Å². The minimum absolute atomic E-state index is 0.0312. The van der Waals surface area contributed by atoms with Crippen LogP contribution < -0.4 is 10.6 Å². The smallest absolute Gasteiger partial charge is 0.410 e. The number of aromatic nitrogens is 1. The number of urea groups is 1. The van der Waals surface area contributed by atoms with Crippen LogP contribution in [0.1, 0.15) is 57.5 Å². The molecule has 0 bridgehead atoms. The van der Waals surface area contributed by atoms with Crippen LogP contribution in [0.15, 0.2) is 41.1 Å². The SMILES string of the molecule is Cc1c([C@@H](NC(=O)Nc2cncc(CN3CCN(C(=O)OC(C)(C)C)CC3)c2)C(C)C)oc2ccc(F)cc12. The molecule has 4 rings (SSSR count). The number of carbonyl (C=O) groups excluding carboxylic acids is 2. The fourth-order valence-electron chi connectivity index (χ4n) is 4.67. The molecule has 39 heavy (non-hydrogen) atoms. The Bertz CT molecular complexity index is 1320. The Balaban J connectivity index is 1.35. The number of pyridine rings is 1. The summed E-state index contributed by atoms with van der Waals surface area (Å²) in [4.78, 5) is 33.6. The molecule has 1 fully saturated rings. The molecule has 9 nitrogen and oxygen atoms in total. The van der Waals surface area contributed by atoms with Crippen molar-refractivity contribution < 1.29 is 23.1 Å². The third kappa shape index (κ3) is 7.26. The monoisotopic (exact) mass is 539 g/mol. The van der Waals surface area contributed by atoms with Crippen molar-refractivity contribution in [1.82, 2.24) is 20.1 Å². The van der Waals surface area contributed by atoms with Gasteiger partial charge in [0.2, 0.25) is 0 Å². The maximum absolute atomic E-state index is 13.8. The van der Waals surface area contributed by atoms with Gasteiger partial charge in [-0.2, -0.15) is 0 Å². The molecule has 0 radical (unpaired) electrons. The second-order valence-corrected chi connectivity index (χ2v) is 11.4. The molecule has 3 aromatic rings. The number of carbonyl (C=O) groups is 2. The highest BCUT2D eigenvalue weighted by Crippen LogP contribution is 2.33. The van der Waals surface area contributed by atoms with Gasteiger partial charge in [0.25, 0.3) is 0 Å². The summed E-state index contributed by atoms with van der Waals surface area (Å²) in [6.07, 6.45) is 3.09. The molecule has 2 aromatic heterocycles. The number of nitrogens with zero attached hydrogens (tertiary/aromatic N) is 3. The van der Waals surface area contributed by atoms with Crippen LogP contribution in [0.2, 0.25) is 0 Å². The third-order valence-corrected chi connectivity index (χ3v) is 6.65. The van der Waals surface area contributed by atoms with E-state index in [9.17, 15) is 14.0 Å². The van der Waals surface area contributed by atoms with Crippen molar-refractivity contribution in [2.24, 2.45) is 5.92 Å². The number of amides is 3. The number of halogens is 1. The standard InChI is InChI=1S/C29H38FN5O4/c1-18(2)25(26-19(3)23-14-21(30)7-8-24(23)38-26)33-27(36)32-22-13-20(15-31-16-22)17-34-9-11-35(12-10-34)28(37)39-29(4,5)6/h7-8,13-16,18,25H,9-12,17H2,1-6H3,(H2,32,33,36)/t25-/m0/s1. The van der Waals surface area contributed by atoms with Crippen LogP contribution in [-0.4, -0.2) is 58.7 Å². The van der Waals surface area contributed by atoms with E-state index in [0.717, 1.165) is 11.1 Å². The number of nitrogens with one attached hydrogen (secondary N) is 2. The van der Waals surface area contributed by atoms with Gasteiger partial charge >= 0.3 is 12.1 Å². The highest BCUT2D eigenvalue weighted by molar-refractivity contribution is 5.89. The molecule has 1 aliphatic heterocycles. The minimum Gasteiger partial charge on any atom is -0.459 e. The zero-order valence-electron chi connectivity index (χ0n) is 23.5. The summed E-state index contributed by atoms with van der Waals surface area (Å²) in [5, 5.41) is 6.58. The molecular formula is C29H38FN5O4. The topological polar surface area (TPSA) is 99.9 Å². The van der Waals surface area contributed by atoms with Gasteiger partial charge in [-0.1, -0.05) is 13.8 Å². The van der Waals surface area contributed by atoms with Gasteiger partial charge in [0.1, 0.15) is 22.8 Å². The van der Waals surface area contributed by atoms with Crippen LogP contribution in [0.25, 0.3) is 11.0 Å². The van der Waals surface area contributed by atoms with E-state index in [0.29, 0.717) is 55.1 Å². The highest BCUT2D eigenvalue weighted by atomic mass is 19.1. The van der Waals surface area contributed by atoms with Crippen molar-refractivity contribution in [3.05, 3.63) is 59.4 Å². The molecule has 2 N–H and O–H groups in total. The van der Waals surface area contributed by atoms with Crippen LogP contribution in [-0.2, 0) is 11.3 Å². The minimum atomic E-state index is -0.515. The summed E-state index contributed by atoms with van der Waals surface area (Å²) in [7, 11) is 0. The Morgan fingerprint density at radius 1 is 1.13 bits per heavy atom. The van der Waals surface area contributed by atoms with E-state index in [1.807, 2.05) is 47.6 Å². The number of furan rings is 1. The predicted molar refractivity (Wildman–Crippen MR) is 148 cm³/mol. The van der Waals surface area contributed by atoms with E-state index in [-0.39, 0.29) is 23.9 Å². The lowest BCUT2D eigenvalue weighted by molar-refractivity contribution is 0.0139. The van der Waals surface area contributed by atoms with Crippen LogP contribution >= 0.6 is 0 Å². The van der Waals surface area contributed by atoms with Crippen molar-refractivity contribution in [3.63, 3.8) is 0 Å². The summed E-state index contributed by atoms with van der Waals surface area (Å²) in [6.45, 7) is 14.7. The first-order chi connectivity index (χ1) is 18.4. The molecule has 210 valence electrons. The van der Waals surface area contributed by atoms with E-state index < -0.39 is 11.6 Å². The van der Waals surface area contributed by atoms with Crippen molar-refractivity contribution in [2.45, 2.75) is 59.7 Å². The molecule has 0 saturated carbocycles. The van der Waals surface area contributed by atoms with E-state index in [4.69, 9.17) is 9.15 Å². The summed E-state index contributed by atoms with van der Waals surface area (Å²) < 4.78 is 25.3. The van der Waals surface area contributed by atoms with E-state index >= 15 is 0 Å². The molecule has 0 aliphatic carbocycles. The van der Waals surface area contributed by atoms with Crippen molar-refractivity contribution in [1.29, 1.82) is 0 Å². The maximum atomic E-state index is 13.8. The zero-order chi connectivity index (χ0) is 28.3. The fourth-order valence-corrected chi connectivity index (χ4v) is 4.67. The van der Waals surface area contributed by atoms with Gasteiger partial charge in [-0.25, -0.2) is 14.0 Å². The Kier molecular flexibility index (Phi) is 8.44. The number of ether oxygens (including phenoxy) is 1. The fraction of sp³-hybridized carbons (Fsp3) is 0.483. The highest BCUT2D eigenvalue weighted by Gasteiger charge is 2.27. The number of rotatable bonds is 6. The second-order valence-electron chi connectivity index (χ2n) is 11.4. The number of aryl methyl sites for hydroxylation is 1. The lowest BCUT2D eigenvalue weighted by atomic mass is 9.98. The van der Waals surface area contributed by atoms with E-state index in [1.54, 1.807) is 23.4 Å². The summed E-state index contributed by atoms with van der Waals surface area (Å²) in [5.41, 5.74) is 2.40. The normalized spacial score (nSPS) is 15.4. The van der Waals surface area contributed by atoms with Crippen molar-refractivity contribution in [3.8, 4) is 0 Å². The number of fused-ring (bicyclic) bond motifs is 1. The third-order valence-electron chi connectivity index (χ3n) is 6.65. The lowest BCUT2D eigenvalue weighted by Crippen LogP contribution is -2.49. The van der Waals surface area contributed by atoms with E-state index in [1.165, 1.54) is 12.1 Å². The molecule has 3 heterocycles. The second kappa shape index (κ2) is 11.6. The first-order valence-electron chi connectivity index (χ1n) is 13.3. The average Bonchev–Trinajstić information content (AvgIpc) is 3.17. The lowest BCUT2D eigenvalue weighted by Gasteiger charge is -2.35. The van der Waals surface area contributed by atoms with Crippen LogP contribution in [0, 0.1) is 18.7 Å². The van der Waals surface area contributed by atoms with Gasteiger partial charge in [-0.05, 0) is 63.4 Å².